The van der Waals surface area contributed by atoms with Gasteiger partial charge in [0.05, 0.1) is 5.69 Å². The van der Waals surface area contributed by atoms with Crippen LogP contribution < -0.4 is 10.3 Å². The van der Waals surface area contributed by atoms with Gasteiger partial charge in [-0.1, -0.05) is 37.3 Å². The minimum atomic E-state index is -0.271. The largest absolute Gasteiger partial charge is 0.321 e. The second kappa shape index (κ2) is 7.08. The van der Waals surface area contributed by atoms with Crippen molar-refractivity contribution < 1.29 is 9.59 Å². The van der Waals surface area contributed by atoms with E-state index in [0.717, 1.165) is 12.1 Å². The van der Waals surface area contributed by atoms with Gasteiger partial charge in [0.15, 0.2) is 0 Å². The molecule has 0 saturated carbocycles. The highest BCUT2D eigenvalue weighted by molar-refractivity contribution is 6.44. The Morgan fingerprint density at radius 1 is 1.08 bits per heavy atom. The Kier molecular flexibility index (Phi) is 4.70. The van der Waals surface area contributed by atoms with Gasteiger partial charge in [0.2, 0.25) is 5.91 Å². The molecule has 1 heterocycles. The summed E-state index contributed by atoms with van der Waals surface area (Å²) in [7, 11) is 0. The number of nitrogens with zero attached hydrogens (tertiary/aromatic N) is 2. The number of hydrogen-bond acceptors (Lipinski definition) is 3. The monoisotopic (exact) mass is 321 g/mol. The molecule has 5 heteroatoms. The summed E-state index contributed by atoms with van der Waals surface area (Å²) in [5, 5.41) is 8.40. The number of rotatable bonds is 4. The van der Waals surface area contributed by atoms with Gasteiger partial charge in [-0.05, 0) is 36.2 Å². The number of amides is 2. The molecule has 0 bridgehead atoms. The first kappa shape index (κ1) is 15.9. The van der Waals surface area contributed by atoms with Crippen LogP contribution in [0.25, 0.3) is 0 Å². The molecule has 3 rings (SSSR count). The van der Waals surface area contributed by atoms with Crippen LogP contribution in [0, 0.1) is 0 Å². The van der Waals surface area contributed by atoms with E-state index in [1.807, 2.05) is 42.5 Å². The fraction of sp³-hybridized carbons (Fsp3) is 0.211. The lowest BCUT2D eigenvalue weighted by Gasteiger charge is -2.23. The summed E-state index contributed by atoms with van der Waals surface area (Å²) in [4.78, 5) is 24.5. The van der Waals surface area contributed by atoms with Crippen molar-refractivity contribution >= 4 is 28.9 Å². The highest BCUT2D eigenvalue weighted by Gasteiger charge is 2.25. The van der Waals surface area contributed by atoms with Crippen molar-refractivity contribution in [3.63, 3.8) is 0 Å². The fourth-order valence-corrected chi connectivity index (χ4v) is 2.51. The zero-order valence-electron chi connectivity index (χ0n) is 13.5. The Labute approximate surface area is 141 Å². The number of hydrogen-bond donors (Lipinski definition) is 1. The molecule has 2 aromatic rings. The van der Waals surface area contributed by atoms with Crippen LogP contribution in [0.3, 0.4) is 0 Å². The van der Waals surface area contributed by atoms with Crippen molar-refractivity contribution in [2.45, 2.75) is 26.2 Å². The van der Waals surface area contributed by atoms with Crippen molar-refractivity contribution in [1.29, 1.82) is 0 Å². The zero-order valence-corrected chi connectivity index (χ0v) is 13.5. The average molecular weight is 321 g/mol. The number of carbonyl (C=O) groups is 2. The molecule has 24 heavy (non-hydrogen) atoms. The number of nitrogens with one attached hydrogen (secondary N) is 1. The molecule has 0 spiro atoms. The molecule has 0 radical (unpaired) electrons. The van der Waals surface area contributed by atoms with E-state index < -0.39 is 0 Å². The Balaban J connectivity index is 1.77. The number of para-hydroxylation sites is 1. The molecule has 0 unspecified atom stereocenters. The van der Waals surface area contributed by atoms with Gasteiger partial charge in [0.25, 0.3) is 5.91 Å². The van der Waals surface area contributed by atoms with E-state index in [9.17, 15) is 9.59 Å². The van der Waals surface area contributed by atoms with Crippen molar-refractivity contribution in [2.75, 3.05) is 10.3 Å². The Bertz CT molecular complexity index is 767. The van der Waals surface area contributed by atoms with Crippen LogP contribution >= 0.6 is 0 Å². The second-order valence-corrected chi connectivity index (χ2v) is 5.59. The van der Waals surface area contributed by atoms with Crippen LogP contribution in [0.2, 0.25) is 0 Å². The highest BCUT2D eigenvalue weighted by Crippen LogP contribution is 2.20. The number of hydrazone groups is 1. The van der Waals surface area contributed by atoms with Crippen LogP contribution in [-0.2, 0) is 16.0 Å². The average Bonchev–Trinajstić information content (AvgIpc) is 2.63. The standard InChI is InChI=1S/C19H19N3O2/c1-2-14-8-10-15(11-9-14)20-19(24)17-12-13-18(23)22(21-17)16-6-4-3-5-7-16/h3-11H,2,12-13H2,1H3,(H,20,24). The quantitative estimate of drug-likeness (QED) is 0.938. The van der Waals surface area contributed by atoms with Gasteiger partial charge in [0, 0.05) is 18.5 Å². The molecule has 0 atom stereocenters. The molecular weight excluding hydrogens is 302 g/mol. The summed E-state index contributed by atoms with van der Waals surface area (Å²) in [6, 6.07) is 16.9. The predicted octanol–water partition coefficient (Wildman–Crippen LogP) is 3.37. The second-order valence-electron chi connectivity index (χ2n) is 5.59. The van der Waals surface area contributed by atoms with E-state index in [2.05, 4.69) is 17.3 Å². The fourth-order valence-electron chi connectivity index (χ4n) is 2.51. The first-order chi connectivity index (χ1) is 11.7. The lowest BCUT2D eigenvalue weighted by molar-refractivity contribution is -0.118. The highest BCUT2D eigenvalue weighted by atomic mass is 16.2. The third kappa shape index (κ3) is 3.51. The Hall–Kier alpha value is -2.95. The van der Waals surface area contributed by atoms with Crippen LogP contribution in [0.5, 0.6) is 0 Å². The summed E-state index contributed by atoms with van der Waals surface area (Å²) in [5.41, 5.74) is 2.96. The van der Waals surface area contributed by atoms with Crippen LogP contribution in [0.15, 0.2) is 59.7 Å². The Morgan fingerprint density at radius 2 is 1.79 bits per heavy atom. The van der Waals surface area contributed by atoms with E-state index in [4.69, 9.17) is 0 Å². The van der Waals surface area contributed by atoms with Gasteiger partial charge in [-0.15, -0.1) is 0 Å². The number of aryl methyl sites for hydroxylation is 1. The molecule has 0 aliphatic carbocycles. The molecule has 1 aliphatic heterocycles. The van der Waals surface area contributed by atoms with Gasteiger partial charge in [-0.2, -0.15) is 5.10 Å². The summed E-state index contributed by atoms with van der Waals surface area (Å²) in [5.74, 6) is -0.377. The van der Waals surface area contributed by atoms with Crippen molar-refractivity contribution in [3.8, 4) is 0 Å². The molecule has 2 amide bonds. The van der Waals surface area contributed by atoms with Gasteiger partial charge >= 0.3 is 0 Å². The summed E-state index contributed by atoms with van der Waals surface area (Å²) in [6.45, 7) is 2.08. The molecule has 0 aromatic heterocycles. The minimum absolute atomic E-state index is 0.106. The summed E-state index contributed by atoms with van der Waals surface area (Å²) < 4.78 is 0. The first-order valence-corrected chi connectivity index (χ1v) is 8.03. The number of anilines is 2. The summed E-state index contributed by atoms with van der Waals surface area (Å²) >= 11 is 0. The van der Waals surface area contributed by atoms with Gasteiger partial charge in [-0.25, -0.2) is 5.01 Å². The Morgan fingerprint density at radius 3 is 2.46 bits per heavy atom. The molecule has 122 valence electrons. The van der Waals surface area contributed by atoms with Crippen LogP contribution in [0.4, 0.5) is 11.4 Å². The molecule has 5 nitrogen and oxygen atoms in total. The molecule has 0 saturated heterocycles. The molecule has 1 aliphatic rings. The maximum absolute atomic E-state index is 12.4. The van der Waals surface area contributed by atoms with Gasteiger partial charge < -0.3 is 5.32 Å². The van der Waals surface area contributed by atoms with Gasteiger partial charge in [0.1, 0.15) is 5.71 Å². The maximum atomic E-state index is 12.4. The molecule has 0 fully saturated rings. The SMILES string of the molecule is CCc1ccc(NC(=O)C2=NN(c3ccccc3)C(=O)CC2)cc1. The van der Waals surface area contributed by atoms with Crippen molar-refractivity contribution in [2.24, 2.45) is 5.10 Å². The number of benzene rings is 2. The van der Waals surface area contributed by atoms with Gasteiger partial charge in [-0.3, -0.25) is 9.59 Å². The summed E-state index contributed by atoms with van der Waals surface area (Å²) in [6.07, 6.45) is 1.58. The molecule has 1 N–H and O–H groups in total. The zero-order chi connectivity index (χ0) is 16.9. The van der Waals surface area contributed by atoms with E-state index in [-0.39, 0.29) is 18.2 Å². The number of carbonyl (C=O) groups excluding carboxylic acids is 2. The lowest BCUT2D eigenvalue weighted by atomic mass is 10.1. The minimum Gasteiger partial charge on any atom is -0.321 e. The smallest absolute Gasteiger partial charge is 0.271 e. The topological polar surface area (TPSA) is 61.8 Å². The van der Waals surface area contributed by atoms with Crippen LogP contribution in [0.1, 0.15) is 25.3 Å². The third-order valence-electron chi connectivity index (χ3n) is 3.92. The van der Waals surface area contributed by atoms with E-state index in [0.29, 0.717) is 17.8 Å². The third-order valence-corrected chi connectivity index (χ3v) is 3.92. The molecular formula is C19H19N3O2. The van der Waals surface area contributed by atoms with Crippen molar-refractivity contribution in [1.82, 2.24) is 0 Å². The normalized spacial score (nSPS) is 14.3. The predicted molar refractivity (Wildman–Crippen MR) is 95.0 cm³/mol. The molecule has 2 aromatic carbocycles. The van der Waals surface area contributed by atoms with Crippen molar-refractivity contribution in [3.05, 3.63) is 60.2 Å². The lowest BCUT2D eigenvalue weighted by Crippen LogP contribution is -2.36. The van der Waals surface area contributed by atoms with E-state index in [1.165, 1.54) is 10.6 Å². The van der Waals surface area contributed by atoms with E-state index >= 15 is 0 Å². The van der Waals surface area contributed by atoms with E-state index in [1.54, 1.807) is 12.1 Å². The van der Waals surface area contributed by atoms with Crippen LogP contribution in [-0.4, -0.2) is 17.5 Å². The maximum Gasteiger partial charge on any atom is 0.271 e. The first-order valence-electron chi connectivity index (χ1n) is 8.03.